The zero-order valence-electron chi connectivity index (χ0n) is 12.1. The van der Waals surface area contributed by atoms with Crippen molar-refractivity contribution in [2.75, 3.05) is 0 Å². The van der Waals surface area contributed by atoms with Crippen LogP contribution < -0.4 is 5.32 Å². The monoisotopic (exact) mass is 319 g/mol. The summed E-state index contributed by atoms with van der Waals surface area (Å²) < 4.78 is 5.05. The Morgan fingerprint density at radius 3 is 2.59 bits per heavy atom. The summed E-state index contributed by atoms with van der Waals surface area (Å²) in [5, 5.41) is 13.5. The highest BCUT2D eigenvalue weighted by atomic mass is 32.1. The van der Waals surface area contributed by atoms with Crippen LogP contribution in [0.4, 0.5) is 4.79 Å². The van der Waals surface area contributed by atoms with Crippen LogP contribution in [0.25, 0.3) is 0 Å². The zero-order valence-corrected chi connectivity index (χ0v) is 12.9. The number of carboxylic acid groups (broad SMARTS) is 1. The zero-order chi connectivity index (χ0) is 15.9. The number of hydrogen-bond donors (Lipinski definition) is 2. The highest BCUT2D eigenvalue weighted by Crippen LogP contribution is 2.17. The van der Waals surface area contributed by atoms with E-state index >= 15 is 0 Å². The molecule has 2 rings (SSSR count). The summed E-state index contributed by atoms with van der Waals surface area (Å²) in [4.78, 5) is 24.0. The minimum absolute atomic E-state index is 0.108. The van der Waals surface area contributed by atoms with Gasteiger partial charge in [-0.2, -0.15) is 0 Å². The van der Waals surface area contributed by atoms with Crippen molar-refractivity contribution < 1.29 is 19.4 Å². The van der Waals surface area contributed by atoms with Gasteiger partial charge in [-0.25, -0.2) is 9.59 Å². The molecule has 0 aliphatic carbocycles. The Kier molecular flexibility index (Phi) is 5.55. The van der Waals surface area contributed by atoms with Gasteiger partial charge in [0.1, 0.15) is 12.6 Å². The molecular formula is C16H17NO4S. The van der Waals surface area contributed by atoms with Crippen LogP contribution in [0, 0.1) is 6.92 Å². The van der Waals surface area contributed by atoms with Crippen molar-refractivity contribution in [3.8, 4) is 0 Å². The molecule has 1 aromatic heterocycles. The molecule has 0 saturated heterocycles. The largest absolute Gasteiger partial charge is 0.480 e. The Morgan fingerprint density at radius 1 is 1.27 bits per heavy atom. The Bertz CT molecular complexity index is 639. The van der Waals surface area contributed by atoms with Crippen molar-refractivity contribution in [3.63, 3.8) is 0 Å². The van der Waals surface area contributed by atoms with Gasteiger partial charge in [-0.05, 0) is 29.5 Å². The minimum Gasteiger partial charge on any atom is -0.480 e. The van der Waals surface area contributed by atoms with Crippen LogP contribution in [-0.2, 0) is 22.6 Å². The predicted octanol–water partition coefficient (Wildman–Crippen LogP) is 2.98. The lowest BCUT2D eigenvalue weighted by atomic mass is 10.1. The molecular weight excluding hydrogens is 302 g/mol. The Balaban J connectivity index is 1.89. The van der Waals surface area contributed by atoms with E-state index in [1.165, 1.54) is 11.3 Å². The first-order chi connectivity index (χ1) is 10.6. The van der Waals surface area contributed by atoms with Gasteiger partial charge in [0.25, 0.3) is 0 Å². The first-order valence-electron chi connectivity index (χ1n) is 6.79. The number of aliphatic carboxylic acids is 1. The second-order valence-corrected chi connectivity index (χ2v) is 5.83. The van der Waals surface area contributed by atoms with Crippen molar-refractivity contribution in [2.45, 2.75) is 26.0 Å². The van der Waals surface area contributed by atoms with Gasteiger partial charge in [0.15, 0.2) is 0 Å². The van der Waals surface area contributed by atoms with Gasteiger partial charge < -0.3 is 15.2 Å². The molecule has 0 bridgehead atoms. The highest BCUT2D eigenvalue weighted by Gasteiger charge is 2.22. The van der Waals surface area contributed by atoms with Gasteiger partial charge in [0.05, 0.1) is 0 Å². The number of amides is 1. The third-order valence-electron chi connectivity index (χ3n) is 3.16. The fourth-order valence-corrected chi connectivity index (χ4v) is 2.86. The lowest BCUT2D eigenvalue weighted by molar-refractivity contribution is -0.139. The number of carboxylic acids is 1. The van der Waals surface area contributed by atoms with Crippen LogP contribution in [0.1, 0.15) is 16.0 Å². The van der Waals surface area contributed by atoms with E-state index in [4.69, 9.17) is 4.74 Å². The number of benzene rings is 1. The maximum atomic E-state index is 11.8. The van der Waals surface area contributed by atoms with E-state index in [2.05, 4.69) is 5.32 Å². The summed E-state index contributed by atoms with van der Waals surface area (Å²) in [5.74, 6) is -1.08. The van der Waals surface area contributed by atoms with Gasteiger partial charge in [0.2, 0.25) is 0 Å². The molecule has 0 aliphatic heterocycles. The fourth-order valence-electron chi connectivity index (χ4n) is 1.91. The third kappa shape index (κ3) is 4.60. The topological polar surface area (TPSA) is 75.6 Å². The maximum Gasteiger partial charge on any atom is 0.408 e. The van der Waals surface area contributed by atoms with E-state index in [9.17, 15) is 14.7 Å². The average Bonchev–Trinajstić information content (AvgIpc) is 2.91. The first kappa shape index (κ1) is 16.0. The molecule has 1 heterocycles. The minimum atomic E-state index is -1.08. The van der Waals surface area contributed by atoms with E-state index in [-0.39, 0.29) is 13.0 Å². The van der Waals surface area contributed by atoms with Gasteiger partial charge >= 0.3 is 12.1 Å². The van der Waals surface area contributed by atoms with Gasteiger partial charge in [-0.15, -0.1) is 11.3 Å². The van der Waals surface area contributed by atoms with Crippen LogP contribution in [0.2, 0.25) is 0 Å². The molecule has 0 radical (unpaired) electrons. The number of carbonyl (C=O) groups is 2. The molecule has 22 heavy (non-hydrogen) atoms. The second-order valence-electron chi connectivity index (χ2n) is 4.83. The lowest BCUT2D eigenvalue weighted by Crippen LogP contribution is -2.42. The van der Waals surface area contributed by atoms with Crippen LogP contribution in [0.15, 0.2) is 41.8 Å². The van der Waals surface area contributed by atoms with Crippen molar-refractivity contribution in [3.05, 3.63) is 57.8 Å². The number of carbonyl (C=O) groups excluding carboxylic acids is 1. The van der Waals surface area contributed by atoms with Crippen molar-refractivity contribution >= 4 is 23.4 Å². The van der Waals surface area contributed by atoms with E-state index in [1.807, 2.05) is 48.7 Å². The van der Waals surface area contributed by atoms with Crippen molar-refractivity contribution in [1.29, 1.82) is 0 Å². The number of nitrogens with one attached hydrogen (secondary N) is 1. The standard InChI is InChI=1S/C16H17NO4S/c1-11-7-8-22-14(11)9-13(15(18)19)17-16(20)21-10-12-5-3-2-4-6-12/h2-8,13H,9-10H2,1H3,(H,17,20)(H,18,19)/t13-/m0/s1. The molecule has 1 aromatic carbocycles. The number of alkyl carbamates (subject to hydrolysis) is 1. The van der Waals surface area contributed by atoms with E-state index in [0.29, 0.717) is 0 Å². The summed E-state index contributed by atoms with van der Waals surface area (Å²) in [7, 11) is 0. The quantitative estimate of drug-likeness (QED) is 0.858. The van der Waals surface area contributed by atoms with Gasteiger partial charge in [0, 0.05) is 11.3 Å². The smallest absolute Gasteiger partial charge is 0.408 e. The summed E-state index contributed by atoms with van der Waals surface area (Å²) in [5.41, 5.74) is 1.87. The molecule has 0 aliphatic rings. The summed E-state index contributed by atoms with van der Waals surface area (Å²) in [6, 6.07) is 10.1. The molecule has 116 valence electrons. The van der Waals surface area contributed by atoms with E-state index < -0.39 is 18.1 Å². The molecule has 6 heteroatoms. The molecule has 2 N–H and O–H groups in total. The number of rotatable bonds is 6. The molecule has 0 fully saturated rings. The molecule has 0 unspecified atom stereocenters. The van der Waals surface area contributed by atoms with Crippen molar-refractivity contribution in [2.24, 2.45) is 0 Å². The average molecular weight is 319 g/mol. The second kappa shape index (κ2) is 7.61. The van der Waals surface area contributed by atoms with Crippen LogP contribution in [-0.4, -0.2) is 23.2 Å². The number of ether oxygens (including phenoxy) is 1. The molecule has 1 amide bonds. The molecule has 0 spiro atoms. The Morgan fingerprint density at radius 2 is 2.00 bits per heavy atom. The number of hydrogen-bond acceptors (Lipinski definition) is 4. The predicted molar refractivity (Wildman–Crippen MR) is 83.9 cm³/mol. The fraction of sp³-hybridized carbons (Fsp3) is 0.250. The van der Waals surface area contributed by atoms with E-state index in [0.717, 1.165) is 16.0 Å². The number of thiophene rings is 1. The lowest BCUT2D eigenvalue weighted by Gasteiger charge is -2.14. The molecule has 1 atom stereocenters. The third-order valence-corrected chi connectivity index (χ3v) is 4.21. The van der Waals surface area contributed by atoms with E-state index in [1.54, 1.807) is 0 Å². The Hall–Kier alpha value is -2.34. The van der Waals surface area contributed by atoms with Gasteiger partial charge in [-0.1, -0.05) is 30.3 Å². The normalized spacial score (nSPS) is 11.7. The molecule has 5 nitrogen and oxygen atoms in total. The van der Waals surface area contributed by atoms with Crippen LogP contribution in [0.5, 0.6) is 0 Å². The molecule has 2 aromatic rings. The Labute approximate surface area is 132 Å². The summed E-state index contributed by atoms with van der Waals surface area (Å²) >= 11 is 1.48. The summed E-state index contributed by atoms with van der Waals surface area (Å²) in [6.07, 6.45) is -0.482. The van der Waals surface area contributed by atoms with Crippen LogP contribution >= 0.6 is 11.3 Å². The van der Waals surface area contributed by atoms with Crippen LogP contribution in [0.3, 0.4) is 0 Å². The first-order valence-corrected chi connectivity index (χ1v) is 7.67. The summed E-state index contributed by atoms with van der Waals surface area (Å²) in [6.45, 7) is 2.02. The van der Waals surface area contributed by atoms with Crippen molar-refractivity contribution in [1.82, 2.24) is 5.32 Å². The highest BCUT2D eigenvalue weighted by molar-refractivity contribution is 7.10. The van der Waals surface area contributed by atoms with Gasteiger partial charge in [-0.3, -0.25) is 0 Å². The number of aryl methyl sites for hydroxylation is 1. The SMILES string of the molecule is Cc1ccsc1C[C@H](NC(=O)OCc1ccccc1)C(=O)O. The maximum absolute atomic E-state index is 11.8. The molecule has 0 saturated carbocycles.